The smallest absolute Gasteiger partial charge is 0.271 e. The second kappa shape index (κ2) is 7.21. The fourth-order valence-corrected chi connectivity index (χ4v) is 3.83. The maximum absolute atomic E-state index is 13.5. The summed E-state index contributed by atoms with van der Waals surface area (Å²) in [5.41, 5.74) is 2.28. The summed E-state index contributed by atoms with van der Waals surface area (Å²) in [6.45, 7) is 0.419. The molecule has 0 atom stereocenters. The molecule has 1 aliphatic rings. The van der Waals surface area contributed by atoms with Crippen LogP contribution in [0.5, 0.6) is 0 Å². The van der Waals surface area contributed by atoms with Crippen LogP contribution in [-0.4, -0.2) is 31.7 Å². The summed E-state index contributed by atoms with van der Waals surface area (Å²) in [5.74, 6) is -0.179. The maximum Gasteiger partial charge on any atom is 0.271 e. The number of fused-ring (bicyclic) bond motifs is 1. The third-order valence-corrected chi connectivity index (χ3v) is 5.31. The summed E-state index contributed by atoms with van der Waals surface area (Å²) in [7, 11) is 0. The van der Waals surface area contributed by atoms with Gasteiger partial charge in [-0.3, -0.25) is 14.9 Å². The van der Waals surface area contributed by atoms with Crippen molar-refractivity contribution in [3.8, 4) is 11.5 Å². The lowest BCUT2D eigenvalue weighted by Crippen LogP contribution is -2.29. The number of aromatic nitrogens is 3. The van der Waals surface area contributed by atoms with Crippen molar-refractivity contribution in [1.82, 2.24) is 14.3 Å². The molecule has 0 saturated carbocycles. The lowest BCUT2D eigenvalue weighted by Gasteiger charge is -2.18. The van der Waals surface area contributed by atoms with Gasteiger partial charge < -0.3 is 9.47 Å². The highest BCUT2D eigenvalue weighted by Crippen LogP contribution is 2.33. The largest absolute Gasteiger partial charge is 0.308 e. The molecule has 9 heteroatoms. The van der Waals surface area contributed by atoms with Crippen LogP contribution in [0.3, 0.4) is 0 Å². The fourth-order valence-electron chi connectivity index (χ4n) is 3.83. The van der Waals surface area contributed by atoms with E-state index in [0.717, 1.165) is 5.56 Å². The summed E-state index contributed by atoms with van der Waals surface area (Å²) in [4.78, 5) is 25.8. The van der Waals surface area contributed by atoms with Gasteiger partial charge in [0.15, 0.2) is 5.82 Å². The topological polar surface area (TPSA) is 86.2 Å². The number of nitro benzene ring substituents is 1. The van der Waals surface area contributed by atoms with Crippen LogP contribution in [0.4, 0.5) is 15.8 Å². The molecule has 1 amide bonds. The number of rotatable bonds is 4. The van der Waals surface area contributed by atoms with Gasteiger partial charge in [0.05, 0.1) is 22.5 Å². The highest BCUT2D eigenvalue weighted by Gasteiger charge is 2.31. The lowest BCUT2D eigenvalue weighted by molar-refractivity contribution is -0.384. The highest BCUT2D eigenvalue weighted by atomic mass is 19.1. The second-order valence-corrected chi connectivity index (χ2v) is 7.14. The van der Waals surface area contributed by atoms with E-state index in [1.165, 1.54) is 30.5 Å². The highest BCUT2D eigenvalue weighted by molar-refractivity contribution is 6.09. The van der Waals surface area contributed by atoms with E-state index in [1.807, 2.05) is 12.1 Å². The van der Waals surface area contributed by atoms with Crippen molar-refractivity contribution in [3.63, 3.8) is 0 Å². The van der Waals surface area contributed by atoms with Crippen LogP contribution in [0.15, 0.2) is 73.2 Å². The normalized spacial score (nSPS) is 12.7. The first kappa shape index (κ1) is 18.7. The van der Waals surface area contributed by atoms with Crippen LogP contribution in [0, 0.1) is 15.9 Å². The maximum atomic E-state index is 13.5. The number of hydrogen-bond acceptors (Lipinski definition) is 4. The Morgan fingerprint density at radius 1 is 1.10 bits per heavy atom. The van der Waals surface area contributed by atoms with E-state index in [0.29, 0.717) is 35.7 Å². The van der Waals surface area contributed by atoms with E-state index in [1.54, 1.807) is 44.7 Å². The van der Waals surface area contributed by atoms with Crippen molar-refractivity contribution in [2.75, 3.05) is 11.4 Å². The molecule has 8 nitrogen and oxygen atoms in total. The van der Waals surface area contributed by atoms with Crippen LogP contribution in [0.1, 0.15) is 15.9 Å². The third-order valence-electron chi connectivity index (χ3n) is 5.31. The molecule has 0 radical (unpaired) electrons. The molecule has 4 aromatic rings. The van der Waals surface area contributed by atoms with Crippen LogP contribution in [0.25, 0.3) is 11.5 Å². The fraction of sp³-hybridized carbons (Fsp3) is 0.0909. The van der Waals surface area contributed by atoms with E-state index >= 15 is 0 Å². The van der Waals surface area contributed by atoms with Crippen molar-refractivity contribution < 1.29 is 14.1 Å². The summed E-state index contributed by atoms with van der Waals surface area (Å²) in [6.07, 6.45) is 5.66. The number of hydrogen-bond donors (Lipinski definition) is 0. The Balaban J connectivity index is 1.61. The summed E-state index contributed by atoms with van der Waals surface area (Å²) >= 11 is 0. The van der Waals surface area contributed by atoms with Gasteiger partial charge in [0.1, 0.15) is 11.4 Å². The van der Waals surface area contributed by atoms with Crippen molar-refractivity contribution in [2.24, 2.45) is 0 Å². The second-order valence-electron chi connectivity index (χ2n) is 7.14. The van der Waals surface area contributed by atoms with E-state index < -0.39 is 4.92 Å². The predicted molar refractivity (Wildman–Crippen MR) is 111 cm³/mol. The quantitative estimate of drug-likeness (QED) is 0.372. The van der Waals surface area contributed by atoms with Gasteiger partial charge in [0, 0.05) is 31.1 Å². The number of carbonyl (C=O) groups excluding carboxylic acids is 1. The number of halogens is 1. The molecule has 31 heavy (non-hydrogen) atoms. The Morgan fingerprint density at radius 2 is 1.84 bits per heavy atom. The molecule has 0 spiro atoms. The van der Waals surface area contributed by atoms with Crippen LogP contribution >= 0.6 is 0 Å². The van der Waals surface area contributed by atoms with Gasteiger partial charge >= 0.3 is 0 Å². The number of benzene rings is 2. The molecule has 0 saturated heterocycles. The monoisotopic (exact) mass is 417 g/mol. The molecular weight excluding hydrogens is 401 g/mol. The molecule has 0 unspecified atom stereocenters. The van der Waals surface area contributed by atoms with Crippen LogP contribution in [0.2, 0.25) is 0 Å². The predicted octanol–water partition coefficient (Wildman–Crippen LogP) is 3.91. The van der Waals surface area contributed by atoms with Gasteiger partial charge in [-0.2, -0.15) is 5.10 Å². The van der Waals surface area contributed by atoms with E-state index in [-0.39, 0.29) is 17.4 Å². The number of amides is 1. The van der Waals surface area contributed by atoms with Gasteiger partial charge in [0.25, 0.3) is 11.6 Å². The Kier molecular flexibility index (Phi) is 4.36. The standard InChI is InChI=1S/C22H16FN5O3/c23-16-4-7-17(8-5-16)27-21(25-10-1-2-11-25)19(14-24-27)22(29)26-12-9-15-3-6-18(28(30)31)13-20(15)26/h1-8,10-11,13-14H,9,12H2. The average Bonchev–Trinajstić information content (AvgIpc) is 3.51. The molecule has 1 aliphatic heterocycles. The first-order valence-corrected chi connectivity index (χ1v) is 9.59. The summed E-state index contributed by atoms with van der Waals surface area (Å²) in [5, 5.41) is 15.6. The zero-order valence-corrected chi connectivity index (χ0v) is 16.2. The van der Waals surface area contributed by atoms with Crippen molar-refractivity contribution >= 4 is 17.3 Å². The molecule has 2 aromatic carbocycles. The SMILES string of the molecule is O=C(c1cnn(-c2ccc(F)cc2)c1-n1cccc1)N1CCc2ccc([N+](=O)[O-])cc21. The molecule has 0 N–H and O–H groups in total. The first-order chi connectivity index (χ1) is 15.0. The molecule has 3 heterocycles. The number of carbonyl (C=O) groups is 1. The molecule has 0 fully saturated rings. The van der Waals surface area contributed by atoms with Crippen LogP contribution in [-0.2, 0) is 6.42 Å². The van der Waals surface area contributed by atoms with Crippen molar-refractivity contribution in [2.45, 2.75) is 6.42 Å². The van der Waals surface area contributed by atoms with E-state index in [4.69, 9.17) is 0 Å². The first-order valence-electron chi connectivity index (χ1n) is 9.59. The number of anilines is 1. The minimum Gasteiger partial charge on any atom is -0.308 e. The number of nitrogens with zero attached hydrogens (tertiary/aromatic N) is 5. The van der Waals surface area contributed by atoms with Crippen molar-refractivity contribution in [1.29, 1.82) is 0 Å². The van der Waals surface area contributed by atoms with Gasteiger partial charge in [-0.1, -0.05) is 6.07 Å². The third kappa shape index (κ3) is 3.16. The van der Waals surface area contributed by atoms with Gasteiger partial charge in [0.2, 0.25) is 0 Å². The molecule has 154 valence electrons. The zero-order chi connectivity index (χ0) is 21.5. The van der Waals surface area contributed by atoms with Crippen molar-refractivity contribution in [3.05, 3.63) is 100 Å². The molecule has 0 bridgehead atoms. The van der Waals surface area contributed by atoms with Crippen LogP contribution < -0.4 is 4.90 Å². The summed E-state index contributed by atoms with van der Waals surface area (Å²) < 4.78 is 16.7. The number of nitro groups is 1. The minimum absolute atomic E-state index is 0.0638. The molecule has 0 aliphatic carbocycles. The zero-order valence-electron chi connectivity index (χ0n) is 16.2. The Labute approximate surface area is 175 Å². The van der Waals surface area contributed by atoms with E-state index in [2.05, 4.69) is 5.10 Å². The van der Waals surface area contributed by atoms with Gasteiger partial charge in [-0.05, 0) is 48.4 Å². The molecule has 2 aromatic heterocycles. The number of non-ortho nitro benzene ring substituents is 1. The molecule has 5 rings (SSSR count). The average molecular weight is 417 g/mol. The summed E-state index contributed by atoms with van der Waals surface area (Å²) in [6, 6.07) is 14.0. The molecular formula is C22H16FN5O3. The van der Waals surface area contributed by atoms with Gasteiger partial charge in [-0.25, -0.2) is 9.07 Å². The Hall–Kier alpha value is -4.27. The van der Waals surface area contributed by atoms with Gasteiger partial charge in [-0.15, -0.1) is 0 Å². The Bertz CT molecular complexity index is 1300. The lowest BCUT2D eigenvalue weighted by atomic mass is 10.1. The Morgan fingerprint density at radius 3 is 2.55 bits per heavy atom. The van der Waals surface area contributed by atoms with E-state index in [9.17, 15) is 19.3 Å². The minimum atomic E-state index is -0.473.